The van der Waals surface area contributed by atoms with Crippen LogP contribution in [0.25, 0.3) is 11.3 Å². The summed E-state index contributed by atoms with van der Waals surface area (Å²) in [6.45, 7) is 0.311. The molecule has 1 aromatic carbocycles. The molecular formula is C10H8Cl2N2O. The van der Waals surface area contributed by atoms with Crippen LogP contribution < -0.4 is 5.73 Å². The average molecular weight is 243 g/mol. The molecule has 0 atom stereocenters. The SMILES string of the molecule is NCc1cc(-c2cc(Cl)ccc2Cl)no1. The third-order valence-electron chi connectivity index (χ3n) is 1.96. The maximum atomic E-state index is 6.01. The van der Waals surface area contributed by atoms with E-state index in [0.29, 0.717) is 28.0 Å². The van der Waals surface area contributed by atoms with Gasteiger partial charge in [-0.05, 0) is 18.2 Å². The zero-order valence-electron chi connectivity index (χ0n) is 7.71. The molecule has 0 saturated heterocycles. The number of halogens is 2. The molecule has 15 heavy (non-hydrogen) atoms. The lowest BCUT2D eigenvalue weighted by Crippen LogP contribution is -1.92. The van der Waals surface area contributed by atoms with E-state index < -0.39 is 0 Å². The summed E-state index contributed by atoms with van der Waals surface area (Å²) in [5.74, 6) is 0.612. The molecule has 0 aliphatic heterocycles. The Morgan fingerprint density at radius 3 is 2.73 bits per heavy atom. The maximum Gasteiger partial charge on any atom is 0.150 e. The van der Waals surface area contributed by atoms with Crippen LogP contribution in [0.2, 0.25) is 10.0 Å². The molecule has 2 rings (SSSR count). The maximum absolute atomic E-state index is 6.01. The van der Waals surface area contributed by atoms with Gasteiger partial charge >= 0.3 is 0 Å². The van der Waals surface area contributed by atoms with Crippen molar-refractivity contribution in [3.63, 3.8) is 0 Å². The van der Waals surface area contributed by atoms with Crippen LogP contribution in [0.1, 0.15) is 5.76 Å². The molecule has 0 saturated carbocycles. The minimum absolute atomic E-state index is 0.311. The van der Waals surface area contributed by atoms with Gasteiger partial charge < -0.3 is 10.3 Å². The first-order chi connectivity index (χ1) is 7.20. The van der Waals surface area contributed by atoms with Gasteiger partial charge in [0.05, 0.1) is 11.6 Å². The molecule has 0 radical (unpaired) electrons. The van der Waals surface area contributed by atoms with Gasteiger partial charge in [0.25, 0.3) is 0 Å². The predicted molar refractivity (Wildman–Crippen MR) is 59.9 cm³/mol. The smallest absolute Gasteiger partial charge is 0.150 e. The fraction of sp³-hybridized carbons (Fsp3) is 0.100. The molecule has 1 aromatic heterocycles. The molecule has 0 aliphatic carbocycles. The molecular weight excluding hydrogens is 235 g/mol. The van der Waals surface area contributed by atoms with Gasteiger partial charge in [0, 0.05) is 16.7 Å². The van der Waals surface area contributed by atoms with Crippen LogP contribution in [0, 0.1) is 0 Å². The molecule has 0 bridgehead atoms. The van der Waals surface area contributed by atoms with E-state index in [0.717, 1.165) is 5.56 Å². The zero-order valence-corrected chi connectivity index (χ0v) is 9.22. The van der Waals surface area contributed by atoms with Crippen LogP contribution in [0.3, 0.4) is 0 Å². The van der Waals surface area contributed by atoms with E-state index in [-0.39, 0.29) is 0 Å². The fourth-order valence-corrected chi connectivity index (χ4v) is 1.62. The Bertz CT molecular complexity index is 482. The summed E-state index contributed by atoms with van der Waals surface area (Å²) in [6, 6.07) is 6.92. The second-order valence-corrected chi connectivity index (χ2v) is 3.85. The third-order valence-corrected chi connectivity index (χ3v) is 2.53. The lowest BCUT2D eigenvalue weighted by Gasteiger charge is -1.99. The summed E-state index contributed by atoms with van der Waals surface area (Å²) in [5.41, 5.74) is 6.80. The Labute approximate surface area is 96.8 Å². The number of nitrogens with zero attached hydrogens (tertiary/aromatic N) is 1. The summed E-state index contributed by atoms with van der Waals surface area (Å²) in [4.78, 5) is 0. The number of hydrogen-bond acceptors (Lipinski definition) is 3. The molecule has 0 unspecified atom stereocenters. The predicted octanol–water partition coefficient (Wildman–Crippen LogP) is 3.11. The molecule has 0 spiro atoms. The Hall–Kier alpha value is -1.03. The van der Waals surface area contributed by atoms with Crippen LogP contribution in [-0.2, 0) is 6.54 Å². The standard InChI is InChI=1S/C10H8Cl2N2O/c11-6-1-2-9(12)8(3-6)10-4-7(5-13)15-14-10/h1-4H,5,13H2. The van der Waals surface area contributed by atoms with Crippen LogP contribution in [0.5, 0.6) is 0 Å². The van der Waals surface area contributed by atoms with Crippen molar-refractivity contribution in [3.8, 4) is 11.3 Å². The van der Waals surface area contributed by atoms with E-state index in [1.54, 1.807) is 24.3 Å². The molecule has 3 nitrogen and oxygen atoms in total. The van der Waals surface area contributed by atoms with Gasteiger partial charge in [-0.25, -0.2) is 0 Å². The van der Waals surface area contributed by atoms with Crippen molar-refractivity contribution in [2.45, 2.75) is 6.54 Å². The normalized spacial score (nSPS) is 10.6. The van der Waals surface area contributed by atoms with Crippen molar-refractivity contribution in [2.75, 3.05) is 0 Å². The first-order valence-corrected chi connectivity index (χ1v) is 5.07. The first-order valence-electron chi connectivity index (χ1n) is 4.32. The monoisotopic (exact) mass is 242 g/mol. The molecule has 0 aliphatic rings. The summed E-state index contributed by atoms with van der Waals surface area (Å²) in [5, 5.41) is 5.04. The molecule has 2 N–H and O–H groups in total. The summed E-state index contributed by atoms with van der Waals surface area (Å²) < 4.78 is 4.99. The first kappa shape index (κ1) is 10.5. The highest BCUT2D eigenvalue weighted by Gasteiger charge is 2.09. The Morgan fingerprint density at radius 1 is 1.27 bits per heavy atom. The van der Waals surface area contributed by atoms with E-state index in [1.165, 1.54) is 0 Å². The van der Waals surface area contributed by atoms with Crippen LogP contribution in [0.4, 0.5) is 0 Å². The molecule has 5 heteroatoms. The quantitative estimate of drug-likeness (QED) is 0.881. The summed E-state index contributed by atoms with van der Waals surface area (Å²) >= 11 is 11.9. The van der Waals surface area contributed by atoms with E-state index in [4.69, 9.17) is 33.5 Å². The van der Waals surface area contributed by atoms with E-state index in [1.807, 2.05) is 0 Å². The second kappa shape index (κ2) is 4.23. The van der Waals surface area contributed by atoms with Gasteiger partial charge in [0.1, 0.15) is 5.69 Å². The van der Waals surface area contributed by atoms with Crippen LogP contribution in [0.15, 0.2) is 28.8 Å². The summed E-state index contributed by atoms with van der Waals surface area (Å²) in [6.07, 6.45) is 0. The average Bonchev–Trinajstić information content (AvgIpc) is 2.70. The molecule has 78 valence electrons. The summed E-state index contributed by atoms with van der Waals surface area (Å²) in [7, 11) is 0. The van der Waals surface area contributed by atoms with Gasteiger partial charge in [0.15, 0.2) is 5.76 Å². The van der Waals surface area contributed by atoms with Gasteiger partial charge in [-0.15, -0.1) is 0 Å². The zero-order chi connectivity index (χ0) is 10.8. The van der Waals surface area contributed by atoms with Crippen molar-refractivity contribution in [1.29, 1.82) is 0 Å². The van der Waals surface area contributed by atoms with Crippen molar-refractivity contribution in [3.05, 3.63) is 40.1 Å². The van der Waals surface area contributed by atoms with Crippen molar-refractivity contribution >= 4 is 23.2 Å². The lowest BCUT2D eigenvalue weighted by atomic mass is 10.1. The number of nitrogens with two attached hydrogens (primary N) is 1. The number of benzene rings is 1. The van der Waals surface area contributed by atoms with Gasteiger partial charge in [-0.1, -0.05) is 28.4 Å². The van der Waals surface area contributed by atoms with Crippen LogP contribution in [-0.4, -0.2) is 5.16 Å². The third kappa shape index (κ3) is 2.15. The molecule has 0 amide bonds. The topological polar surface area (TPSA) is 52.0 Å². The van der Waals surface area contributed by atoms with Crippen molar-refractivity contribution in [2.24, 2.45) is 5.73 Å². The van der Waals surface area contributed by atoms with Gasteiger partial charge in [-0.3, -0.25) is 0 Å². The second-order valence-electron chi connectivity index (χ2n) is 3.01. The van der Waals surface area contributed by atoms with E-state index in [9.17, 15) is 0 Å². The molecule has 0 fully saturated rings. The number of aromatic nitrogens is 1. The fourth-order valence-electron chi connectivity index (χ4n) is 1.23. The molecule has 1 heterocycles. The largest absolute Gasteiger partial charge is 0.359 e. The Balaban J connectivity index is 2.48. The van der Waals surface area contributed by atoms with Crippen molar-refractivity contribution < 1.29 is 4.52 Å². The highest BCUT2D eigenvalue weighted by atomic mass is 35.5. The Morgan fingerprint density at radius 2 is 2.07 bits per heavy atom. The number of rotatable bonds is 2. The minimum Gasteiger partial charge on any atom is -0.359 e. The highest BCUT2D eigenvalue weighted by molar-refractivity contribution is 6.35. The Kier molecular flexibility index (Phi) is 2.95. The molecule has 2 aromatic rings. The highest BCUT2D eigenvalue weighted by Crippen LogP contribution is 2.29. The number of hydrogen-bond donors (Lipinski definition) is 1. The van der Waals surface area contributed by atoms with Crippen molar-refractivity contribution in [1.82, 2.24) is 5.16 Å². The van der Waals surface area contributed by atoms with Gasteiger partial charge in [-0.2, -0.15) is 0 Å². The van der Waals surface area contributed by atoms with Crippen LogP contribution >= 0.6 is 23.2 Å². The van der Waals surface area contributed by atoms with E-state index in [2.05, 4.69) is 5.16 Å². The van der Waals surface area contributed by atoms with E-state index >= 15 is 0 Å². The minimum atomic E-state index is 0.311. The lowest BCUT2D eigenvalue weighted by molar-refractivity contribution is 0.387. The van der Waals surface area contributed by atoms with Gasteiger partial charge in [0.2, 0.25) is 0 Å².